The Balaban J connectivity index is 1.66. The molecule has 1 fully saturated rings. The van der Waals surface area contributed by atoms with Crippen molar-refractivity contribution in [2.75, 3.05) is 66.7 Å². The van der Waals surface area contributed by atoms with Gasteiger partial charge in [-0.2, -0.15) is 4.31 Å². The Kier molecular flexibility index (Phi) is 10.2. The molecule has 44 heavy (non-hydrogen) atoms. The van der Waals surface area contributed by atoms with Gasteiger partial charge in [-0.1, -0.05) is 13.3 Å². The molecule has 1 saturated heterocycles. The monoisotopic (exact) mass is 633 g/mol. The molecule has 2 aliphatic rings. The number of sulfonamides is 1. The fraction of sp³-hybridized carbons (Fsp3) is 0.581. The Morgan fingerprint density at radius 2 is 1.84 bits per heavy atom. The van der Waals surface area contributed by atoms with Crippen molar-refractivity contribution >= 4 is 27.4 Å². The highest BCUT2D eigenvalue weighted by Gasteiger charge is 2.38. The largest absolute Gasteiger partial charge is 0.512 e. The Labute approximate surface area is 260 Å². The predicted octanol–water partition coefficient (Wildman–Crippen LogP) is 3.96. The minimum Gasteiger partial charge on any atom is -0.493 e. The summed E-state index contributed by atoms with van der Waals surface area (Å²) in [6.07, 6.45) is 2.84. The van der Waals surface area contributed by atoms with Gasteiger partial charge in [0.25, 0.3) is 0 Å². The van der Waals surface area contributed by atoms with Gasteiger partial charge in [-0.25, -0.2) is 18.2 Å². The van der Waals surface area contributed by atoms with E-state index in [9.17, 15) is 18.0 Å². The zero-order chi connectivity index (χ0) is 32.3. The molecule has 0 bridgehead atoms. The molecule has 0 radical (unpaired) electrons. The second-order valence-electron chi connectivity index (χ2n) is 12.2. The maximum atomic E-state index is 13.9. The SMILES string of the molecule is CCCC1=CC[N+](C)(CC)c2c1nc(-c1cc(S(=O)(=O)N3CC[N+](C)(COC(=O)OC(C)C)CC3)ccc1OCC)[nH]c2=O. The van der Waals surface area contributed by atoms with Crippen LogP contribution in [0.15, 0.2) is 34.0 Å². The van der Waals surface area contributed by atoms with E-state index < -0.39 is 16.2 Å². The van der Waals surface area contributed by atoms with Crippen molar-refractivity contribution in [3.63, 3.8) is 0 Å². The molecule has 1 aromatic heterocycles. The summed E-state index contributed by atoms with van der Waals surface area (Å²) in [5.74, 6) is 0.710. The highest BCUT2D eigenvalue weighted by Crippen LogP contribution is 2.37. The fourth-order valence-electron chi connectivity index (χ4n) is 5.61. The third-order valence-electron chi connectivity index (χ3n) is 8.45. The van der Waals surface area contributed by atoms with E-state index in [1.807, 2.05) is 27.9 Å². The molecule has 1 aromatic carbocycles. The number of nitrogens with one attached hydrogen (secondary N) is 1. The molecular formula is C31H47N5O7S+2. The molecule has 1 N–H and O–H groups in total. The number of H-pyrrole nitrogens is 1. The van der Waals surface area contributed by atoms with E-state index in [0.29, 0.717) is 57.9 Å². The van der Waals surface area contributed by atoms with Crippen molar-refractivity contribution in [1.29, 1.82) is 0 Å². The van der Waals surface area contributed by atoms with Gasteiger partial charge in [0.15, 0.2) is 0 Å². The lowest BCUT2D eigenvalue weighted by molar-refractivity contribution is -0.928. The molecule has 2 aliphatic heterocycles. The number of nitrogens with zero attached hydrogens (tertiary/aromatic N) is 4. The van der Waals surface area contributed by atoms with Crippen molar-refractivity contribution in [1.82, 2.24) is 18.8 Å². The minimum atomic E-state index is -3.89. The number of rotatable bonds is 11. The van der Waals surface area contributed by atoms with Crippen LogP contribution in [-0.4, -0.2) is 106 Å². The van der Waals surface area contributed by atoms with Gasteiger partial charge in [-0.15, -0.1) is 0 Å². The van der Waals surface area contributed by atoms with E-state index in [1.54, 1.807) is 26.0 Å². The Morgan fingerprint density at radius 3 is 2.45 bits per heavy atom. The summed E-state index contributed by atoms with van der Waals surface area (Å²) in [5, 5.41) is 0. The number of carbonyl (C=O) groups excluding carboxylic acids is 1. The maximum absolute atomic E-state index is 13.9. The van der Waals surface area contributed by atoms with Crippen LogP contribution in [0.2, 0.25) is 0 Å². The molecule has 0 aliphatic carbocycles. The second kappa shape index (κ2) is 13.4. The number of aromatic amines is 1. The third kappa shape index (κ3) is 7.01. The van der Waals surface area contributed by atoms with E-state index in [4.69, 9.17) is 19.2 Å². The third-order valence-corrected chi connectivity index (χ3v) is 10.3. The number of allylic oxidation sites excluding steroid dienone is 1. The highest BCUT2D eigenvalue weighted by molar-refractivity contribution is 7.89. The number of likely N-dealkylation sites (N-methyl/N-ethyl adjacent to an activating group) is 2. The molecule has 12 nitrogen and oxygen atoms in total. The van der Waals surface area contributed by atoms with Crippen molar-refractivity contribution in [3.8, 4) is 17.1 Å². The summed E-state index contributed by atoms with van der Waals surface area (Å²) in [5.41, 5.74) is 2.48. The standard InChI is InChI=1S/C31H46N5O7S/c1-8-11-23-14-17-36(7,9-2)28-27(23)32-29(33-30(28)37)25-20-24(12-13-26(25)41-10-3)44(39,40)34-15-18-35(6,19-16-34)21-42-31(38)43-22(4)5/h12-14,20,22H,8-11,15-19,21H2,1-7H3/q+1/p+1. The normalized spacial score (nSPS) is 20.1. The molecule has 13 heteroatoms. The summed E-state index contributed by atoms with van der Waals surface area (Å²) in [7, 11) is 0.0569. The highest BCUT2D eigenvalue weighted by atomic mass is 32.2. The minimum absolute atomic E-state index is 0.0858. The lowest BCUT2D eigenvalue weighted by Gasteiger charge is -2.40. The fourth-order valence-corrected chi connectivity index (χ4v) is 7.06. The van der Waals surface area contributed by atoms with Crippen LogP contribution >= 0.6 is 0 Å². The van der Waals surface area contributed by atoms with E-state index in [-0.39, 0.29) is 42.2 Å². The number of benzene rings is 1. The number of carbonyl (C=O) groups is 1. The number of ether oxygens (including phenoxy) is 3. The topological polar surface area (TPSA) is 128 Å². The van der Waals surface area contributed by atoms with Crippen LogP contribution in [0.5, 0.6) is 5.75 Å². The number of hydrogen-bond donors (Lipinski definition) is 1. The summed E-state index contributed by atoms with van der Waals surface area (Å²) < 4.78 is 46.2. The lowest BCUT2D eigenvalue weighted by atomic mass is 9.99. The van der Waals surface area contributed by atoms with Crippen molar-refractivity contribution in [3.05, 3.63) is 40.3 Å². The number of hydrogen-bond acceptors (Lipinski definition) is 8. The van der Waals surface area contributed by atoms with Crippen LogP contribution in [0.25, 0.3) is 17.0 Å². The van der Waals surface area contributed by atoms with Gasteiger partial charge in [-0.3, -0.25) is 13.8 Å². The first-order valence-corrected chi connectivity index (χ1v) is 16.8. The number of quaternary nitrogens is 2. The quantitative estimate of drug-likeness (QED) is 0.291. The van der Waals surface area contributed by atoms with Crippen molar-refractivity contribution < 1.29 is 31.9 Å². The van der Waals surface area contributed by atoms with Gasteiger partial charge in [0, 0.05) is 0 Å². The van der Waals surface area contributed by atoms with Crippen LogP contribution in [-0.2, 0) is 19.5 Å². The first-order valence-electron chi connectivity index (χ1n) is 15.4. The molecule has 242 valence electrons. The molecule has 3 heterocycles. The van der Waals surface area contributed by atoms with Gasteiger partial charge in [0.05, 0.1) is 70.0 Å². The van der Waals surface area contributed by atoms with Gasteiger partial charge >= 0.3 is 11.7 Å². The maximum Gasteiger partial charge on any atom is 0.512 e. The van der Waals surface area contributed by atoms with Gasteiger partial charge in [-0.05, 0) is 64.0 Å². The van der Waals surface area contributed by atoms with Crippen molar-refractivity contribution in [2.45, 2.75) is 58.5 Å². The zero-order valence-corrected chi connectivity index (χ0v) is 27.8. The summed E-state index contributed by atoms with van der Waals surface area (Å²) in [4.78, 5) is 33.5. The smallest absolute Gasteiger partial charge is 0.493 e. The predicted molar refractivity (Wildman–Crippen MR) is 170 cm³/mol. The Bertz CT molecular complexity index is 1560. The van der Waals surface area contributed by atoms with Gasteiger partial charge in [0.2, 0.25) is 22.4 Å². The molecule has 0 amide bonds. The molecule has 4 rings (SSSR count). The molecule has 0 spiro atoms. The van der Waals surface area contributed by atoms with Crippen LogP contribution in [0, 0.1) is 0 Å². The van der Waals surface area contributed by atoms with Gasteiger partial charge < -0.3 is 19.2 Å². The van der Waals surface area contributed by atoms with E-state index in [0.717, 1.165) is 25.0 Å². The van der Waals surface area contributed by atoms with Gasteiger partial charge in [0.1, 0.15) is 23.8 Å². The average Bonchev–Trinajstić information content (AvgIpc) is 2.97. The number of fused-ring (bicyclic) bond motifs is 1. The second-order valence-corrected chi connectivity index (χ2v) is 14.2. The molecule has 0 saturated carbocycles. The summed E-state index contributed by atoms with van der Waals surface area (Å²) in [6, 6.07) is 4.69. The van der Waals surface area contributed by atoms with Crippen LogP contribution in [0.4, 0.5) is 10.5 Å². The molecule has 2 aromatic rings. The summed E-state index contributed by atoms with van der Waals surface area (Å²) in [6.45, 7) is 12.8. The van der Waals surface area contributed by atoms with E-state index >= 15 is 0 Å². The van der Waals surface area contributed by atoms with E-state index in [1.165, 1.54) is 10.4 Å². The zero-order valence-electron chi connectivity index (χ0n) is 27.0. The molecule has 1 atom stereocenters. The Morgan fingerprint density at radius 1 is 1.14 bits per heavy atom. The first kappa shape index (κ1) is 33.6. The molecule has 1 unspecified atom stereocenters. The lowest BCUT2D eigenvalue weighted by Crippen LogP contribution is -2.59. The first-order chi connectivity index (χ1) is 20.8. The van der Waals surface area contributed by atoms with Crippen LogP contribution in [0.1, 0.15) is 53.2 Å². The molecular weight excluding hydrogens is 586 g/mol. The average molecular weight is 634 g/mol. The van der Waals surface area contributed by atoms with Crippen molar-refractivity contribution in [2.24, 2.45) is 0 Å². The number of piperazine rings is 1. The van der Waals surface area contributed by atoms with E-state index in [2.05, 4.69) is 18.0 Å². The summed E-state index contributed by atoms with van der Waals surface area (Å²) >= 11 is 0. The Hall–Kier alpha value is -3.26. The number of aromatic nitrogens is 2. The van der Waals surface area contributed by atoms with Crippen LogP contribution < -0.4 is 14.8 Å². The van der Waals surface area contributed by atoms with Crippen LogP contribution in [0.3, 0.4) is 0 Å².